The Morgan fingerprint density at radius 1 is 1.16 bits per heavy atom. The predicted octanol–water partition coefficient (Wildman–Crippen LogP) is 2.51. The van der Waals surface area contributed by atoms with Crippen molar-refractivity contribution < 1.29 is 9.90 Å². The van der Waals surface area contributed by atoms with E-state index >= 15 is 0 Å². The molecule has 0 radical (unpaired) electrons. The molecule has 1 heterocycles. The third-order valence-electron chi connectivity index (χ3n) is 4.70. The zero-order valence-corrected chi connectivity index (χ0v) is 14.4. The fraction of sp³-hybridized carbons (Fsp3) is 0.400. The van der Waals surface area contributed by atoms with E-state index in [1.54, 1.807) is 6.20 Å². The van der Waals surface area contributed by atoms with Gasteiger partial charge >= 0.3 is 0 Å². The Morgan fingerprint density at radius 2 is 1.92 bits per heavy atom. The maximum atomic E-state index is 12.4. The second-order valence-electron chi connectivity index (χ2n) is 6.76. The summed E-state index contributed by atoms with van der Waals surface area (Å²) >= 11 is 0. The van der Waals surface area contributed by atoms with Crippen LogP contribution in [0.15, 0.2) is 54.9 Å². The first-order valence-corrected chi connectivity index (χ1v) is 8.83. The van der Waals surface area contributed by atoms with Crippen molar-refractivity contribution in [3.63, 3.8) is 0 Å². The number of nitrogens with one attached hydrogen (secondary N) is 1. The number of para-hydroxylation sites is 1. The summed E-state index contributed by atoms with van der Waals surface area (Å²) in [6.07, 6.45) is 7.16. The molecule has 0 bridgehead atoms. The number of carbonyl (C=O) groups is 1. The van der Waals surface area contributed by atoms with Gasteiger partial charge in [0.2, 0.25) is 5.91 Å². The topological polar surface area (TPSA) is 65.5 Å². The van der Waals surface area contributed by atoms with Crippen molar-refractivity contribution in [2.75, 3.05) is 18.0 Å². The van der Waals surface area contributed by atoms with Gasteiger partial charge in [-0.3, -0.25) is 9.78 Å². The number of nitrogens with zero attached hydrogens (tertiary/aromatic N) is 2. The normalized spacial score (nSPS) is 15.7. The Bertz CT molecular complexity index is 670. The summed E-state index contributed by atoms with van der Waals surface area (Å²) in [4.78, 5) is 18.6. The molecule has 1 aliphatic rings. The molecule has 5 heteroatoms. The fourth-order valence-corrected chi connectivity index (χ4v) is 3.29. The molecule has 3 rings (SSSR count). The number of anilines is 1. The van der Waals surface area contributed by atoms with Crippen LogP contribution in [0, 0.1) is 0 Å². The zero-order valence-electron chi connectivity index (χ0n) is 14.4. The SMILES string of the molecule is O=C(CN(Cc1cccnc1)c1ccccc1)NCC1(O)CCCC1. The van der Waals surface area contributed by atoms with Crippen molar-refractivity contribution in [1.29, 1.82) is 0 Å². The van der Waals surface area contributed by atoms with Crippen LogP contribution in [0.25, 0.3) is 0 Å². The highest BCUT2D eigenvalue weighted by Crippen LogP contribution is 2.28. The number of aliphatic hydroxyl groups is 1. The minimum absolute atomic E-state index is 0.0759. The number of aromatic nitrogens is 1. The van der Waals surface area contributed by atoms with Gasteiger partial charge in [-0.1, -0.05) is 37.1 Å². The Morgan fingerprint density at radius 3 is 2.60 bits per heavy atom. The third kappa shape index (κ3) is 5.03. The molecule has 132 valence electrons. The van der Waals surface area contributed by atoms with E-state index in [4.69, 9.17) is 0 Å². The van der Waals surface area contributed by atoms with Gasteiger partial charge in [0.05, 0.1) is 12.1 Å². The number of hydrogen-bond acceptors (Lipinski definition) is 4. The highest BCUT2D eigenvalue weighted by atomic mass is 16.3. The number of benzene rings is 1. The molecule has 0 unspecified atom stereocenters. The van der Waals surface area contributed by atoms with Gasteiger partial charge in [0.1, 0.15) is 0 Å². The van der Waals surface area contributed by atoms with E-state index in [9.17, 15) is 9.90 Å². The van der Waals surface area contributed by atoms with Crippen LogP contribution in [0.5, 0.6) is 0 Å². The maximum Gasteiger partial charge on any atom is 0.239 e. The summed E-state index contributed by atoms with van der Waals surface area (Å²) in [6.45, 7) is 1.19. The molecule has 5 nitrogen and oxygen atoms in total. The number of pyridine rings is 1. The Labute approximate surface area is 148 Å². The molecule has 1 aromatic heterocycles. The lowest BCUT2D eigenvalue weighted by atomic mass is 10.0. The van der Waals surface area contributed by atoms with Gasteiger partial charge < -0.3 is 15.3 Å². The lowest BCUT2D eigenvalue weighted by Gasteiger charge is -2.26. The number of rotatable bonds is 7. The van der Waals surface area contributed by atoms with Crippen LogP contribution in [-0.2, 0) is 11.3 Å². The smallest absolute Gasteiger partial charge is 0.239 e. The van der Waals surface area contributed by atoms with E-state index in [1.807, 2.05) is 53.6 Å². The molecule has 0 spiro atoms. The molecule has 0 saturated heterocycles. The van der Waals surface area contributed by atoms with Crippen molar-refractivity contribution in [3.05, 3.63) is 60.4 Å². The summed E-state index contributed by atoms with van der Waals surface area (Å²) in [5.41, 5.74) is 1.31. The van der Waals surface area contributed by atoms with E-state index in [1.165, 1.54) is 0 Å². The summed E-state index contributed by atoms with van der Waals surface area (Å²) in [6, 6.07) is 13.8. The van der Waals surface area contributed by atoms with E-state index in [2.05, 4.69) is 10.3 Å². The number of amides is 1. The molecular weight excluding hydrogens is 314 g/mol. The molecule has 25 heavy (non-hydrogen) atoms. The van der Waals surface area contributed by atoms with Gasteiger partial charge in [0, 0.05) is 31.2 Å². The van der Waals surface area contributed by atoms with Crippen molar-refractivity contribution in [2.45, 2.75) is 37.8 Å². The summed E-state index contributed by atoms with van der Waals surface area (Å²) < 4.78 is 0. The van der Waals surface area contributed by atoms with Crippen LogP contribution in [0.1, 0.15) is 31.2 Å². The Balaban J connectivity index is 1.63. The molecule has 2 N–H and O–H groups in total. The molecule has 1 aromatic carbocycles. The minimum atomic E-state index is -0.726. The minimum Gasteiger partial charge on any atom is -0.388 e. The number of carbonyl (C=O) groups excluding carboxylic acids is 1. The molecule has 0 atom stereocenters. The molecular formula is C20H25N3O2. The van der Waals surface area contributed by atoms with Crippen LogP contribution in [-0.4, -0.2) is 34.7 Å². The first kappa shape index (κ1) is 17.4. The van der Waals surface area contributed by atoms with Crippen molar-refractivity contribution in [3.8, 4) is 0 Å². The molecule has 0 aliphatic heterocycles. The van der Waals surface area contributed by atoms with Crippen LogP contribution < -0.4 is 10.2 Å². The molecule has 1 fully saturated rings. The zero-order chi connectivity index (χ0) is 17.5. The first-order valence-electron chi connectivity index (χ1n) is 8.83. The van der Waals surface area contributed by atoms with Crippen LogP contribution in [0.2, 0.25) is 0 Å². The molecule has 1 saturated carbocycles. The summed E-state index contributed by atoms with van der Waals surface area (Å²) in [5, 5.41) is 13.3. The first-order chi connectivity index (χ1) is 12.1. The van der Waals surface area contributed by atoms with E-state index in [0.29, 0.717) is 13.1 Å². The fourth-order valence-electron chi connectivity index (χ4n) is 3.29. The second-order valence-corrected chi connectivity index (χ2v) is 6.76. The van der Waals surface area contributed by atoms with Crippen molar-refractivity contribution >= 4 is 11.6 Å². The Kier molecular flexibility index (Phi) is 5.66. The van der Waals surface area contributed by atoms with Crippen molar-refractivity contribution in [1.82, 2.24) is 10.3 Å². The van der Waals surface area contributed by atoms with Gasteiger partial charge in [0.25, 0.3) is 0 Å². The average molecular weight is 339 g/mol. The lowest BCUT2D eigenvalue weighted by Crippen LogP contribution is -2.44. The van der Waals surface area contributed by atoms with Gasteiger partial charge in [0.15, 0.2) is 0 Å². The monoisotopic (exact) mass is 339 g/mol. The second kappa shape index (κ2) is 8.12. The van der Waals surface area contributed by atoms with Gasteiger partial charge in [-0.15, -0.1) is 0 Å². The molecule has 2 aromatic rings. The Hall–Kier alpha value is -2.40. The van der Waals surface area contributed by atoms with Crippen LogP contribution in [0.3, 0.4) is 0 Å². The predicted molar refractivity (Wildman–Crippen MR) is 98.2 cm³/mol. The largest absolute Gasteiger partial charge is 0.388 e. The van der Waals surface area contributed by atoms with E-state index in [0.717, 1.165) is 36.9 Å². The number of hydrogen-bond donors (Lipinski definition) is 2. The molecule has 1 aliphatic carbocycles. The average Bonchev–Trinajstić information content (AvgIpc) is 3.08. The standard InChI is InChI=1S/C20H25N3O2/c24-19(22-16-20(25)10-4-5-11-20)15-23(18-8-2-1-3-9-18)14-17-7-6-12-21-13-17/h1-3,6-9,12-13,25H,4-5,10-11,14-16H2,(H,22,24). The van der Waals surface area contributed by atoms with E-state index in [-0.39, 0.29) is 12.5 Å². The quantitative estimate of drug-likeness (QED) is 0.813. The third-order valence-corrected chi connectivity index (χ3v) is 4.70. The van der Waals surface area contributed by atoms with Crippen molar-refractivity contribution in [2.24, 2.45) is 0 Å². The van der Waals surface area contributed by atoms with E-state index < -0.39 is 5.60 Å². The summed E-state index contributed by atoms with van der Waals surface area (Å²) in [5.74, 6) is -0.0759. The highest BCUT2D eigenvalue weighted by molar-refractivity contribution is 5.81. The summed E-state index contributed by atoms with van der Waals surface area (Å²) in [7, 11) is 0. The van der Waals surface area contributed by atoms with Crippen LogP contribution in [0.4, 0.5) is 5.69 Å². The van der Waals surface area contributed by atoms with Gasteiger partial charge in [-0.2, -0.15) is 0 Å². The van der Waals surface area contributed by atoms with Gasteiger partial charge in [-0.25, -0.2) is 0 Å². The molecule has 1 amide bonds. The lowest BCUT2D eigenvalue weighted by molar-refractivity contribution is -0.121. The maximum absolute atomic E-state index is 12.4. The van der Waals surface area contributed by atoms with Crippen LogP contribution >= 0.6 is 0 Å². The van der Waals surface area contributed by atoms with Gasteiger partial charge in [-0.05, 0) is 36.6 Å². The highest BCUT2D eigenvalue weighted by Gasteiger charge is 2.31.